The molecular formula is C22H29N3O3. The Morgan fingerprint density at radius 3 is 2.46 bits per heavy atom. The summed E-state index contributed by atoms with van der Waals surface area (Å²) in [6, 6.07) is 7.60. The summed E-state index contributed by atoms with van der Waals surface area (Å²) in [5.74, 6) is -0.266. The number of benzene rings is 1. The van der Waals surface area contributed by atoms with Crippen molar-refractivity contribution in [3.63, 3.8) is 0 Å². The fourth-order valence-electron chi connectivity index (χ4n) is 4.14. The summed E-state index contributed by atoms with van der Waals surface area (Å²) in [4.78, 5) is 23.4. The van der Waals surface area contributed by atoms with E-state index in [4.69, 9.17) is 5.11 Å². The molecule has 6 nitrogen and oxygen atoms in total. The van der Waals surface area contributed by atoms with Crippen molar-refractivity contribution in [2.24, 2.45) is 5.92 Å². The van der Waals surface area contributed by atoms with Crippen LogP contribution in [0.1, 0.15) is 66.3 Å². The van der Waals surface area contributed by atoms with E-state index < -0.39 is 5.97 Å². The van der Waals surface area contributed by atoms with Crippen molar-refractivity contribution in [1.82, 2.24) is 15.1 Å². The Hall–Kier alpha value is -2.63. The summed E-state index contributed by atoms with van der Waals surface area (Å²) in [6.07, 6.45) is 5.47. The van der Waals surface area contributed by atoms with Crippen LogP contribution in [0.3, 0.4) is 0 Å². The average Bonchev–Trinajstić information content (AvgIpc) is 3.29. The third-order valence-electron chi connectivity index (χ3n) is 5.87. The Labute approximate surface area is 166 Å². The normalized spacial score (nSPS) is 15.5. The summed E-state index contributed by atoms with van der Waals surface area (Å²) in [6.45, 7) is 5.94. The van der Waals surface area contributed by atoms with Crippen LogP contribution in [-0.2, 0) is 11.2 Å². The summed E-state index contributed by atoms with van der Waals surface area (Å²) >= 11 is 0. The van der Waals surface area contributed by atoms with Gasteiger partial charge in [-0.2, -0.15) is 5.10 Å². The zero-order chi connectivity index (χ0) is 20.3. The molecule has 3 rings (SSSR count). The quantitative estimate of drug-likeness (QED) is 0.761. The smallest absolute Gasteiger partial charge is 0.303 e. The van der Waals surface area contributed by atoms with Crippen molar-refractivity contribution in [1.29, 1.82) is 0 Å². The molecule has 0 spiro atoms. The van der Waals surface area contributed by atoms with Gasteiger partial charge in [-0.15, -0.1) is 0 Å². The summed E-state index contributed by atoms with van der Waals surface area (Å²) < 4.78 is 1.81. The van der Waals surface area contributed by atoms with E-state index in [0.29, 0.717) is 17.9 Å². The van der Waals surface area contributed by atoms with Crippen molar-refractivity contribution in [2.45, 2.75) is 65.3 Å². The first-order valence-corrected chi connectivity index (χ1v) is 10.0. The van der Waals surface area contributed by atoms with Gasteiger partial charge in [0.1, 0.15) is 0 Å². The standard InChI is InChI=1S/C22H29N3O3/c1-14(17-6-4-5-7-17)23-22(28)18-8-10-19(11-9-18)25-16(3)20(15(2)24-25)12-13-21(26)27/h8-11,14,17H,4-7,12-13H2,1-3H3,(H,23,28)(H,26,27). The number of amides is 1. The van der Waals surface area contributed by atoms with Gasteiger partial charge < -0.3 is 10.4 Å². The topological polar surface area (TPSA) is 84.2 Å². The summed E-state index contributed by atoms with van der Waals surface area (Å²) in [5, 5.41) is 16.6. The van der Waals surface area contributed by atoms with Crippen LogP contribution >= 0.6 is 0 Å². The Morgan fingerprint density at radius 2 is 1.86 bits per heavy atom. The molecule has 1 amide bonds. The van der Waals surface area contributed by atoms with E-state index in [0.717, 1.165) is 22.6 Å². The van der Waals surface area contributed by atoms with E-state index in [2.05, 4.69) is 17.3 Å². The fraction of sp³-hybridized carbons (Fsp3) is 0.500. The van der Waals surface area contributed by atoms with Gasteiger partial charge in [0.25, 0.3) is 5.91 Å². The predicted molar refractivity (Wildman–Crippen MR) is 108 cm³/mol. The minimum absolute atomic E-state index is 0.0403. The number of nitrogens with zero attached hydrogens (tertiary/aromatic N) is 2. The molecule has 1 saturated carbocycles. The molecule has 1 heterocycles. The summed E-state index contributed by atoms with van der Waals surface area (Å²) in [7, 11) is 0. The number of aliphatic carboxylic acids is 1. The lowest BCUT2D eigenvalue weighted by molar-refractivity contribution is -0.136. The molecule has 1 unspecified atom stereocenters. The molecule has 1 fully saturated rings. The average molecular weight is 383 g/mol. The third kappa shape index (κ3) is 4.43. The molecule has 0 aliphatic heterocycles. The minimum atomic E-state index is -0.811. The molecule has 0 bridgehead atoms. The summed E-state index contributed by atoms with van der Waals surface area (Å²) in [5.41, 5.74) is 4.25. The molecule has 1 aromatic carbocycles. The second-order valence-corrected chi connectivity index (χ2v) is 7.81. The zero-order valence-corrected chi connectivity index (χ0v) is 16.9. The van der Waals surface area contributed by atoms with Gasteiger partial charge in [-0.1, -0.05) is 12.8 Å². The first-order chi connectivity index (χ1) is 13.4. The van der Waals surface area contributed by atoms with E-state index in [1.54, 1.807) is 0 Å². The van der Waals surface area contributed by atoms with E-state index in [1.807, 2.05) is 42.8 Å². The van der Waals surface area contributed by atoms with Gasteiger partial charge in [0.15, 0.2) is 0 Å². The van der Waals surface area contributed by atoms with Gasteiger partial charge in [0, 0.05) is 23.7 Å². The number of hydrogen-bond donors (Lipinski definition) is 2. The monoisotopic (exact) mass is 383 g/mol. The zero-order valence-electron chi connectivity index (χ0n) is 16.9. The van der Waals surface area contributed by atoms with Crippen molar-refractivity contribution in [3.05, 3.63) is 46.8 Å². The van der Waals surface area contributed by atoms with Gasteiger partial charge in [-0.3, -0.25) is 9.59 Å². The van der Waals surface area contributed by atoms with Gasteiger partial charge >= 0.3 is 5.97 Å². The lowest BCUT2D eigenvalue weighted by atomic mass is 9.99. The fourth-order valence-corrected chi connectivity index (χ4v) is 4.14. The molecule has 1 atom stereocenters. The highest BCUT2D eigenvalue weighted by atomic mass is 16.4. The van der Waals surface area contributed by atoms with E-state index >= 15 is 0 Å². The van der Waals surface area contributed by atoms with Crippen molar-refractivity contribution >= 4 is 11.9 Å². The molecule has 2 N–H and O–H groups in total. The van der Waals surface area contributed by atoms with Crippen molar-refractivity contribution < 1.29 is 14.7 Å². The van der Waals surface area contributed by atoms with Gasteiger partial charge in [-0.05, 0) is 75.8 Å². The number of hydrogen-bond acceptors (Lipinski definition) is 3. The predicted octanol–water partition coefficient (Wildman–Crippen LogP) is 3.81. The molecule has 1 aliphatic rings. The number of rotatable bonds is 7. The SMILES string of the molecule is Cc1nn(-c2ccc(C(=O)NC(C)C3CCCC3)cc2)c(C)c1CCC(=O)O. The van der Waals surface area contributed by atoms with Crippen LogP contribution in [0, 0.1) is 19.8 Å². The van der Waals surface area contributed by atoms with Gasteiger partial charge in [0.05, 0.1) is 11.4 Å². The molecule has 150 valence electrons. The molecular weight excluding hydrogens is 354 g/mol. The Kier molecular flexibility index (Phi) is 6.17. The van der Waals surface area contributed by atoms with Crippen LogP contribution in [0.15, 0.2) is 24.3 Å². The van der Waals surface area contributed by atoms with Gasteiger partial charge in [-0.25, -0.2) is 4.68 Å². The molecule has 6 heteroatoms. The molecule has 28 heavy (non-hydrogen) atoms. The third-order valence-corrected chi connectivity index (χ3v) is 5.87. The molecule has 0 radical (unpaired) electrons. The second-order valence-electron chi connectivity index (χ2n) is 7.81. The number of carboxylic acids is 1. The molecule has 1 aliphatic carbocycles. The van der Waals surface area contributed by atoms with Crippen LogP contribution in [0.2, 0.25) is 0 Å². The van der Waals surface area contributed by atoms with Crippen LogP contribution < -0.4 is 5.32 Å². The van der Waals surface area contributed by atoms with E-state index in [1.165, 1.54) is 25.7 Å². The second kappa shape index (κ2) is 8.59. The van der Waals surface area contributed by atoms with Crippen molar-refractivity contribution in [2.75, 3.05) is 0 Å². The van der Waals surface area contributed by atoms with Crippen molar-refractivity contribution in [3.8, 4) is 5.69 Å². The number of carbonyl (C=O) groups excluding carboxylic acids is 1. The van der Waals surface area contributed by atoms with Crippen LogP contribution in [0.25, 0.3) is 5.69 Å². The van der Waals surface area contributed by atoms with E-state index in [9.17, 15) is 9.59 Å². The lowest BCUT2D eigenvalue weighted by Crippen LogP contribution is -2.37. The number of nitrogens with one attached hydrogen (secondary N) is 1. The van der Waals surface area contributed by atoms with Crippen LogP contribution in [0.5, 0.6) is 0 Å². The Balaban J connectivity index is 1.71. The highest BCUT2D eigenvalue weighted by Crippen LogP contribution is 2.27. The Bertz CT molecular complexity index is 849. The van der Waals surface area contributed by atoms with Gasteiger partial charge in [0.2, 0.25) is 0 Å². The number of aryl methyl sites for hydroxylation is 1. The van der Waals surface area contributed by atoms with Crippen LogP contribution in [0.4, 0.5) is 0 Å². The highest BCUT2D eigenvalue weighted by molar-refractivity contribution is 5.94. The maximum absolute atomic E-state index is 12.5. The lowest BCUT2D eigenvalue weighted by Gasteiger charge is -2.20. The molecule has 1 aromatic heterocycles. The number of aromatic nitrogens is 2. The minimum Gasteiger partial charge on any atom is -0.481 e. The first kappa shape index (κ1) is 20.1. The first-order valence-electron chi connectivity index (χ1n) is 10.0. The number of carboxylic acid groups (broad SMARTS) is 1. The largest absolute Gasteiger partial charge is 0.481 e. The Morgan fingerprint density at radius 1 is 1.21 bits per heavy atom. The molecule has 0 saturated heterocycles. The number of carbonyl (C=O) groups is 2. The van der Waals surface area contributed by atoms with E-state index in [-0.39, 0.29) is 18.4 Å². The maximum Gasteiger partial charge on any atom is 0.303 e. The van der Waals surface area contributed by atoms with Crippen LogP contribution in [-0.4, -0.2) is 32.8 Å². The highest BCUT2D eigenvalue weighted by Gasteiger charge is 2.23. The maximum atomic E-state index is 12.5. The molecule has 2 aromatic rings.